The highest BCUT2D eigenvalue weighted by Gasteiger charge is 2.34. The van der Waals surface area contributed by atoms with Crippen LogP contribution in [0, 0.1) is 6.92 Å². The van der Waals surface area contributed by atoms with Crippen molar-refractivity contribution in [3.05, 3.63) is 70.9 Å². The Kier molecular flexibility index (Phi) is 8.69. The molecule has 1 atom stereocenters. The van der Waals surface area contributed by atoms with Gasteiger partial charge in [-0.3, -0.25) is 13.9 Å². The Labute approximate surface area is 247 Å². The van der Waals surface area contributed by atoms with Crippen molar-refractivity contribution >= 4 is 33.6 Å². The largest absolute Gasteiger partial charge is 0.494 e. The number of rotatable bonds is 9. The molecule has 3 heterocycles. The Morgan fingerprint density at radius 1 is 1.12 bits per heavy atom. The molecule has 12 heteroatoms. The predicted octanol–water partition coefficient (Wildman–Crippen LogP) is 5.13. The first-order valence-corrected chi connectivity index (χ1v) is 15.5. The number of anilines is 1. The van der Waals surface area contributed by atoms with Crippen molar-refractivity contribution < 1.29 is 23.4 Å². The van der Waals surface area contributed by atoms with Gasteiger partial charge < -0.3 is 14.4 Å². The SMILES string of the molecule is CCOC(=O)CC(c1ccc(C)c(CN2CCN(CC)c3ncccc3S2(O)O)c1)c1cc(OC)c2c(c1)nnn2C. The van der Waals surface area contributed by atoms with Crippen LogP contribution in [0.5, 0.6) is 5.75 Å². The molecule has 0 aliphatic carbocycles. The minimum Gasteiger partial charge on any atom is -0.494 e. The van der Waals surface area contributed by atoms with Gasteiger partial charge in [0.15, 0.2) is 5.82 Å². The molecule has 1 unspecified atom stereocenters. The molecule has 2 N–H and O–H groups in total. The Balaban J connectivity index is 1.55. The molecule has 1 aliphatic rings. The van der Waals surface area contributed by atoms with Crippen LogP contribution in [0.2, 0.25) is 0 Å². The molecule has 1 aliphatic heterocycles. The van der Waals surface area contributed by atoms with Gasteiger partial charge in [0.1, 0.15) is 21.7 Å². The summed E-state index contributed by atoms with van der Waals surface area (Å²) in [6.45, 7) is 8.19. The number of methoxy groups -OCH3 is 1. The van der Waals surface area contributed by atoms with Crippen LogP contribution < -0.4 is 9.64 Å². The van der Waals surface area contributed by atoms with E-state index in [0.717, 1.165) is 27.8 Å². The number of hydrogen-bond acceptors (Lipinski definition) is 10. The highest BCUT2D eigenvalue weighted by atomic mass is 32.3. The van der Waals surface area contributed by atoms with Crippen molar-refractivity contribution in [2.24, 2.45) is 7.05 Å². The van der Waals surface area contributed by atoms with Gasteiger partial charge in [-0.25, -0.2) is 9.67 Å². The molecule has 4 aromatic rings. The van der Waals surface area contributed by atoms with Crippen LogP contribution in [-0.4, -0.2) is 72.7 Å². The molecule has 0 spiro atoms. The van der Waals surface area contributed by atoms with Crippen LogP contribution in [0.3, 0.4) is 0 Å². The lowest BCUT2D eigenvalue weighted by Crippen LogP contribution is -2.33. The van der Waals surface area contributed by atoms with Crippen molar-refractivity contribution in [3.63, 3.8) is 0 Å². The van der Waals surface area contributed by atoms with E-state index < -0.39 is 10.8 Å². The Hall–Kier alpha value is -3.71. The van der Waals surface area contributed by atoms with Gasteiger partial charge in [0.25, 0.3) is 0 Å². The molecule has 0 fully saturated rings. The normalized spacial score (nSPS) is 16.5. The molecular formula is C30H38N6O5S. The molecule has 0 radical (unpaired) electrons. The third-order valence-corrected chi connectivity index (χ3v) is 9.76. The van der Waals surface area contributed by atoms with Gasteiger partial charge in [-0.15, -0.1) is 15.9 Å². The summed E-state index contributed by atoms with van der Waals surface area (Å²) >= 11 is 0. The second-order valence-corrected chi connectivity index (χ2v) is 12.3. The standard InChI is InChI=1S/C30H38N6O5S/c1-6-35-13-14-36(42(38,39)27-9-8-12-31-30(27)35)19-23-15-21(11-10-20(23)3)24(18-28(37)41-7-2)22-16-25-29(26(17-22)40-5)34(4)33-32-25/h8-12,15-17,24,38-39H,6-7,13-14,18-19H2,1-5H3. The monoisotopic (exact) mass is 594 g/mol. The van der Waals surface area contributed by atoms with Crippen molar-refractivity contribution in [1.82, 2.24) is 24.3 Å². The number of esters is 1. The second-order valence-electron chi connectivity index (χ2n) is 10.3. The summed E-state index contributed by atoms with van der Waals surface area (Å²) in [4.78, 5) is 19.8. The fourth-order valence-corrected chi connectivity index (χ4v) is 7.15. The fourth-order valence-electron chi connectivity index (χ4n) is 5.53. The third kappa shape index (κ3) is 5.67. The molecule has 0 saturated carbocycles. The van der Waals surface area contributed by atoms with Gasteiger partial charge in [-0.1, -0.05) is 23.4 Å². The summed E-state index contributed by atoms with van der Waals surface area (Å²) in [5.74, 6) is 0.556. The number of aryl methyl sites for hydroxylation is 2. The van der Waals surface area contributed by atoms with Crippen molar-refractivity contribution in [2.75, 3.05) is 38.3 Å². The summed E-state index contributed by atoms with van der Waals surface area (Å²) in [7, 11) is 0.108. The average molecular weight is 595 g/mol. The lowest BCUT2D eigenvalue weighted by molar-refractivity contribution is -0.143. The van der Waals surface area contributed by atoms with Gasteiger partial charge in [0.05, 0.1) is 20.1 Å². The van der Waals surface area contributed by atoms with E-state index in [1.807, 2.05) is 38.1 Å². The van der Waals surface area contributed by atoms with Crippen LogP contribution in [0.25, 0.3) is 11.0 Å². The molecule has 2 aromatic heterocycles. The highest BCUT2D eigenvalue weighted by Crippen LogP contribution is 2.56. The van der Waals surface area contributed by atoms with Crippen LogP contribution in [0.4, 0.5) is 5.82 Å². The summed E-state index contributed by atoms with van der Waals surface area (Å²) in [5, 5.41) is 8.44. The average Bonchev–Trinajstić information content (AvgIpc) is 3.32. The highest BCUT2D eigenvalue weighted by molar-refractivity contribution is 8.22. The van der Waals surface area contributed by atoms with Gasteiger partial charge in [-0.2, -0.15) is 4.31 Å². The van der Waals surface area contributed by atoms with E-state index >= 15 is 0 Å². The maximum atomic E-state index is 12.8. The third-order valence-electron chi connectivity index (χ3n) is 7.81. The predicted molar refractivity (Wildman–Crippen MR) is 163 cm³/mol. The molecular weight excluding hydrogens is 556 g/mol. The van der Waals surface area contributed by atoms with E-state index in [2.05, 4.69) is 26.3 Å². The summed E-state index contributed by atoms with van der Waals surface area (Å²) in [6.07, 6.45) is 1.80. The van der Waals surface area contributed by atoms with E-state index in [1.54, 1.807) is 48.4 Å². The molecule has 224 valence electrons. The van der Waals surface area contributed by atoms with E-state index in [1.165, 1.54) is 0 Å². The number of hydrogen-bond donors (Lipinski definition) is 2. The first-order valence-electron chi connectivity index (χ1n) is 14.0. The zero-order valence-corrected chi connectivity index (χ0v) is 25.5. The Morgan fingerprint density at radius 3 is 2.67 bits per heavy atom. The zero-order valence-electron chi connectivity index (χ0n) is 24.6. The number of carbonyl (C=O) groups excluding carboxylic acids is 1. The van der Waals surface area contributed by atoms with Gasteiger partial charge >= 0.3 is 5.97 Å². The van der Waals surface area contributed by atoms with Crippen LogP contribution in [0.1, 0.15) is 48.4 Å². The molecule has 0 saturated heterocycles. The lowest BCUT2D eigenvalue weighted by Gasteiger charge is -2.41. The number of benzene rings is 2. The fraction of sp³-hybridized carbons (Fsp3) is 0.400. The minimum atomic E-state index is -3.30. The first-order chi connectivity index (χ1) is 20.2. The number of carbonyl (C=O) groups is 1. The Bertz CT molecular complexity index is 1590. The van der Waals surface area contributed by atoms with Crippen LogP contribution in [-0.2, 0) is 23.1 Å². The van der Waals surface area contributed by atoms with Crippen molar-refractivity contribution in [2.45, 2.75) is 44.6 Å². The number of ether oxygens (including phenoxy) is 2. The quantitative estimate of drug-likeness (QED) is 0.252. The topological polar surface area (TPSA) is 126 Å². The zero-order chi connectivity index (χ0) is 30.0. The smallest absolute Gasteiger partial charge is 0.306 e. The van der Waals surface area contributed by atoms with Crippen molar-refractivity contribution in [1.29, 1.82) is 0 Å². The maximum Gasteiger partial charge on any atom is 0.306 e. The summed E-state index contributed by atoms with van der Waals surface area (Å²) < 4.78 is 37.5. The Morgan fingerprint density at radius 2 is 1.93 bits per heavy atom. The second kappa shape index (κ2) is 12.3. The number of aromatic nitrogens is 4. The maximum absolute atomic E-state index is 12.8. The summed E-state index contributed by atoms with van der Waals surface area (Å²) in [6, 6.07) is 13.4. The van der Waals surface area contributed by atoms with E-state index in [9.17, 15) is 13.9 Å². The number of fused-ring (bicyclic) bond motifs is 2. The number of pyridine rings is 1. The molecule has 0 amide bonds. The first kappa shape index (κ1) is 29.8. The minimum absolute atomic E-state index is 0.120. The van der Waals surface area contributed by atoms with Crippen LogP contribution in [0.15, 0.2) is 53.6 Å². The van der Waals surface area contributed by atoms with Crippen LogP contribution >= 0.6 is 10.8 Å². The molecule has 5 rings (SSSR count). The number of likely N-dealkylation sites (N-methyl/N-ethyl adjacent to an activating group) is 1. The van der Waals surface area contributed by atoms with E-state index in [0.29, 0.717) is 48.2 Å². The number of nitrogens with zero attached hydrogens (tertiary/aromatic N) is 6. The van der Waals surface area contributed by atoms with E-state index in [-0.39, 0.29) is 24.9 Å². The summed E-state index contributed by atoms with van der Waals surface area (Å²) in [5.41, 5.74) is 5.12. The van der Waals surface area contributed by atoms with Crippen molar-refractivity contribution in [3.8, 4) is 5.75 Å². The lowest BCUT2D eigenvalue weighted by atomic mass is 9.86. The molecule has 0 bridgehead atoms. The van der Waals surface area contributed by atoms with Gasteiger partial charge in [-0.05, 0) is 67.3 Å². The molecule has 42 heavy (non-hydrogen) atoms. The van der Waals surface area contributed by atoms with Gasteiger partial charge in [0.2, 0.25) is 0 Å². The molecule has 11 nitrogen and oxygen atoms in total. The van der Waals surface area contributed by atoms with E-state index in [4.69, 9.17) is 9.47 Å². The van der Waals surface area contributed by atoms with Gasteiger partial charge in [0, 0.05) is 45.3 Å². The molecule has 2 aromatic carbocycles.